The van der Waals surface area contributed by atoms with Gasteiger partial charge in [-0.05, 0) is 12.8 Å². The second-order valence-electron chi connectivity index (χ2n) is 16.1. The zero-order chi connectivity index (χ0) is 43.9. The average Bonchev–Trinajstić information content (AvgIpc) is 3.18. The number of aliphatic hydroxyl groups is 4. The third-order valence-corrected chi connectivity index (χ3v) is 12.2. The Kier molecular flexibility index (Phi) is 37.8. The van der Waals surface area contributed by atoms with Gasteiger partial charge in [-0.1, -0.05) is 168 Å². The maximum absolute atomic E-state index is 12.9. The molecule has 13 N–H and O–H groups in total. The van der Waals surface area contributed by atoms with Crippen LogP contribution in [0.1, 0.15) is 194 Å². The summed E-state index contributed by atoms with van der Waals surface area (Å²) in [4.78, 5) is 54.1. The zero-order valence-electron chi connectivity index (χ0n) is 37.4. The fraction of sp³-hybridized carbons (Fsp3) is 0.951. The summed E-state index contributed by atoms with van der Waals surface area (Å²) in [6.07, 6.45) is 15.0. The van der Waals surface area contributed by atoms with E-state index in [1.165, 1.54) is 103 Å². The maximum Gasteiger partial charge on any atom is 0.472 e. The summed E-state index contributed by atoms with van der Waals surface area (Å²) < 4.78 is 49.3. The van der Waals surface area contributed by atoms with Gasteiger partial charge in [0.2, 0.25) is 0 Å². The molecule has 61 heavy (non-hydrogen) atoms. The Morgan fingerprint density at radius 1 is 0.475 bits per heavy atom. The first-order valence-electron chi connectivity index (χ1n) is 22.6. The molecule has 0 aromatic carbocycles. The highest BCUT2D eigenvalue weighted by Gasteiger charge is 2.54. The van der Waals surface area contributed by atoms with Crippen molar-refractivity contribution in [2.45, 2.75) is 236 Å². The Balaban J connectivity index is 0. The number of rotatable bonds is 38. The van der Waals surface area contributed by atoms with Gasteiger partial charge in [0.05, 0.1) is 6.61 Å². The summed E-state index contributed by atoms with van der Waals surface area (Å²) >= 11 is 0. The van der Waals surface area contributed by atoms with E-state index in [2.05, 4.69) is 18.4 Å². The van der Waals surface area contributed by atoms with Gasteiger partial charge in [0.25, 0.3) is 0 Å². The average molecular weight is 925 g/mol. The fourth-order valence-corrected chi connectivity index (χ4v) is 8.68. The van der Waals surface area contributed by atoms with Crippen molar-refractivity contribution in [3.63, 3.8) is 0 Å². The normalized spacial score (nSPS) is 21.8. The van der Waals surface area contributed by atoms with Crippen molar-refractivity contribution >= 4 is 27.6 Å². The molecule has 1 saturated carbocycles. The van der Waals surface area contributed by atoms with Crippen LogP contribution in [-0.4, -0.2) is 103 Å². The van der Waals surface area contributed by atoms with Crippen LogP contribution in [0.2, 0.25) is 0 Å². The molecule has 0 aromatic heterocycles. The molecule has 0 spiro atoms. The molecule has 0 amide bonds. The Bertz CT molecular complexity index is 1180. The van der Waals surface area contributed by atoms with E-state index in [9.17, 15) is 44.0 Å². The van der Waals surface area contributed by atoms with E-state index >= 15 is 0 Å². The van der Waals surface area contributed by atoms with Crippen LogP contribution in [0.15, 0.2) is 0 Å². The number of aliphatic hydroxyl groups excluding tert-OH is 4. The second kappa shape index (κ2) is 37.2. The summed E-state index contributed by atoms with van der Waals surface area (Å²) in [7, 11) is -10.6. The number of hydrogen-bond acceptors (Lipinski definition) is 15. The van der Waals surface area contributed by atoms with Crippen LogP contribution in [0, 0.1) is 0 Å². The number of unbranched alkanes of at least 4 members (excludes halogenated alkanes) is 24. The third-order valence-electron chi connectivity index (χ3n) is 10.7. The minimum Gasteiger partial charge on any atom is -0.462 e. The minimum atomic E-state index is -5.35. The van der Waals surface area contributed by atoms with Gasteiger partial charge in [0.1, 0.15) is 43.2 Å². The van der Waals surface area contributed by atoms with Crippen LogP contribution in [0.4, 0.5) is 0 Å². The Morgan fingerprint density at radius 3 is 1.20 bits per heavy atom. The van der Waals surface area contributed by atoms with Crippen molar-refractivity contribution in [2.24, 2.45) is 0 Å². The number of carbonyl (C=O) groups is 2. The lowest BCUT2D eigenvalue weighted by Gasteiger charge is -2.43. The molecule has 20 heteroatoms. The van der Waals surface area contributed by atoms with E-state index in [-0.39, 0.29) is 25.1 Å². The first-order valence-corrected chi connectivity index (χ1v) is 25.6. The van der Waals surface area contributed by atoms with Crippen molar-refractivity contribution < 1.29 is 76.9 Å². The van der Waals surface area contributed by atoms with Gasteiger partial charge in [0.15, 0.2) is 6.10 Å². The highest BCUT2D eigenvalue weighted by Crippen LogP contribution is 2.49. The van der Waals surface area contributed by atoms with Crippen molar-refractivity contribution in [2.75, 3.05) is 13.2 Å². The topological polar surface area (TPSA) is 326 Å². The lowest BCUT2D eigenvalue weighted by molar-refractivity contribution is -0.216. The summed E-state index contributed by atoms with van der Waals surface area (Å²) in [6.45, 7) is 3.11. The summed E-state index contributed by atoms with van der Waals surface area (Å²) in [5.41, 5.74) is 0. The lowest BCUT2D eigenvalue weighted by Crippen LogP contribution is -2.64. The first kappa shape index (κ1) is 62.0. The molecule has 0 saturated heterocycles. The molecule has 0 aliphatic heterocycles. The van der Waals surface area contributed by atoms with Crippen LogP contribution < -0.4 is 12.3 Å². The maximum atomic E-state index is 12.9. The predicted octanol–water partition coefficient (Wildman–Crippen LogP) is 8.17. The quantitative estimate of drug-likeness (QED) is 0.0160. The molecule has 0 heterocycles. The van der Waals surface area contributed by atoms with Gasteiger partial charge >= 0.3 is 27.6 Å². The Labute approximate surface area is 365 Å². The number of carbonyl (C=O) groups excluding carboxylic acids is 2. The molecule has 1 aliphatic carbocycles. The van der Waals surface area contributed by atoms with Gasteiger partial charge in [0, 0.05) is 12.8 Å². The van der Waals surface area contributed by atoms with Crippen molar-refractivity contribution in [1.29, 1.82) is 0 Å². The molecular weight excluding hydrogens is 838 g/mol. The number of esters is 2. The van der Waals surface area contributed by atoms with Gasteiger partial charge in [-0.15, -0.1) is 0 Å². The SMILES string of the molecule is CCCCCCCCCCCCCCCC(=O)OC[C@H](COP(=O)(O)O[C@@H]1[C@@H](O)[C@H](OP(=O)(O)O)[C@@H](O)[C@H](O)[C@@H]1O)OC(=O)CCCCCCCCCCCCCCC.N.N. The molecule has 8 atom stereocenters. The highest BCUT2D eigenvalue weighted by atomic mass is 31.2. The minimum absolute atomic E-state index is 0. The Hall–Kier alpha value is -1.08. The molecule has 0 bridgehead atoms. The molecule has 1 rings (SSSR count). The van der Waals surface area contributed by atoms with Gasteiger partial charge in [-0.2, -0.15) is 0 Å². The zero-order valence-corrected chi connectivity index (χ0v) is 39.2. The van der Waals surface area contributed by atoms with Crippen molar-refractivity contribution in [3.05, 3.63) is 0 Å². The monoisotopic (exact) mass is 925 g/mol. The van der Waals surface area contributed by atoms with Crippen LogP contribution in [0.25, 0.3) is 0 Å². The summed E-state index contributed by atoms with van der Waals surface area (Å²) in [5.74, 6) is -1.19. The highest BCUT2D eigenvalue weighted by molar-refractivity contribution is 7.47. The molecular formula is C41H86N2O16P2. The largest absolute Gasteiger partial charge is 0.472 e. The van der Waals surface area contributed by atoms with E-state index < -0.39 is 83.5 Å². The van der Waals surface area contributed by atoms with Crippen LogP contribution in [0.5, 0.6) is 0 Å². The number of ether oxygens (including phenoxy) is 2. The lowest BCUT2D eigenvalue weighted by atomic mass is 9.85. The van der Waals surface area contributed by atoms with E-state index in [4.69, 9.17) is 28.3 Å². The first-order chi connectivity index (χ1) is 28.1. The van der Waals surface area contributed by atoms with Crippen molar-refractivity contribution in [3.8, 4) is 0 Å². The number of hydrogen-bond donors (Lipinski definition) is 9. The Morgan fingerprint density at radius 2 is 0.820 bits per heavy atom. The van der Waals surface area contributed by atoms with Crippen LogP contribution in [0.3, 0.4) is 0 Å². The summed E-state index contributed by atoms with van der Waals surface area (Å²) in [6, 6.07) is 0. The summed E-state index contributed by atoms with van der Waals surface area (Å²) in [5, 5.41) is 41.1. The van der Waals surface area contributed by atoms with Crippen LogP contribution >= 0.6 is 15.6 Å². The van der Waals surface area contributed by atoms with Gasteiger partial charge in [-0.3, -0.25) is 23.2 Å². The molecule has 1 aliphatic rings. The molecule has 0 aromatic rings. The molecule has 366 valence electrons. The standard InChI is InChI=1S/C41H80O16P2.2H3N/c1-3-5-7-9-11-13-15-17-19-21-23-25-27-29-34(42)53-31-33(55-35(43)30-28-26-24-22-20-18-16-14-12-10-8-6-4-2)32-54-59(51,52)57-41-38(46)36(44)37(45)40(39(41)47)56-58(48,49)50;;/h33,36-41,44-47H,3-32H2,1-2H3,(H,51,52)(H2,48,49,50);2*1H3/t33-,36+,37+,38+,39+,40-,41+;;/m1../s1. The van der Waals surface area contributed by atoms with E-state index in [1.54, 1.807) is 0 Å². The van der Waals surface area contributed by atoms with Crippen LogP contribution in [-0.2, 0) is 41.8 Å². The third kappa shape index (κ3) is 31.4. The fourth-order valence-electron chi connectivity index (χ4n) is 7.14. The molecule has 1 unspecified atom stereocenters. The van der Waals surface area contributed by atoms with Crippen molar-refractivity contribution in [1.82, 2.24) is 12.3 Å². The predicted molar refractivity (Wildman–Crippen MR) is 233 cm³/mol. The van der Waals surface area contributed by atoms with Gasteiger partial charge in [-0.25, -0.2) is 9.13 Å². The van der Waals surface area contributed by atoms with E-state index in [1.807, 2.05) is 0 Å². The van der Waals surface area contributed by atoms with Gasteiger partial charge < -0.3 is 56.9 Å². The second-order valence-corrected chi connectivity index (χ2v) is 18.7. The molecule has 0 radical (unpaired) electrons. The van der Waals surface area contributed by atoms with E-state index in [0.29, 0.717) is 12.8 Å². The molecule has 18 nitrogen and oxygen atoms in total. The smallest absolute Gasteiger partial charge is 0.462 e. The van der Waals surface area contributed by atoms with E-state index in [0.717, 1.165) is 51.4 Å². The number of phosphoric acid groups is 2. The number of phosphoric ester groups is 2. The molecule has 1 fully saturated rings.